The Hall–Kier alpha value is -0.830. The van der Waals surface area contributed by atoms with E-state index in [1.165, 1.54) is 0 Å². The number of allylic oxidation sites excluding steroid dienone is 1. The van der Waals surface area contributed by atoms with E-state index in [-0.39, 0.29) is 24.1 Å². The third kappa shape index (κ3) is 1.27. The van der Waals surface area contributed by atoms with Crippen molar-refractivity contribution in [3.05, 3.63) is 12.2 Å². The van der Waals surface area contributed by atoms with Crippen molar-refractivity contribution in [1.29, 1.82) is 0 Å². The SMILES string of the molecule is CO[C@@H]1C=CC[C@@H]2[C@H]1C(=O)O[C@H]2C. The van der Waals surface area contributed by atoms with Gasteiger partial charge in [-0.15, -0.1) is 0 Å². The fraction of sp³-hybridized carbons (Fsp3) is 0.700. The molecule has 0 aromatic heterocycles. The van der Waals surface area contributed by atoms with Gasteiger partial charge in [0, 0.05) is 13.0 Å². The molecule has 0 saturated carbocycles. The summed E-state index contributed by atoms with van der Waals surface area (Å²) in [5.41, 5.74) is 0. The van der Waals surface area contributed by atoms with E-state index in [9.17, 15) is 4.79 Å². The third-order valence-electron chi connectivity index (χ3n) is 3.00. The molecule has 0 spiro atoms. The van der Waals surface area contributed by atoms with Crippen LogP contribution >= 0.6 is 0 Å². The number of hydrogen-bond donors (Lipinski definition) is 0. The first-order valence-corrected chi connectivity index (χ1v) is 4.64. The van der Waals surface area contributed by atoms with Crippen LogP contribution in [-0.4, -0.2) is 25.3 Å². The molecule has 2 aliphatic rings. The number of carbonyl (C=O) groups is 1. The lowest BCUT2D eigenvalue weighted by Crippen LogP contribution is -2.33. The maximum Gasteiger partial charge on any atom is 0.312 e. The molecule has 1 aliphatic carbocycles. The van der Waals surface area contributed by atoms with Gasteiger partial charge in [0.05, 0.1) is 12.0 Å². The summed E-state index contributed by atoms with van der Waals surface area (Å²) in [7, 11) is 1.63. The average Bonchev–Trinajstić information content (AvgIpc) is 2.43. The zero-order valence-corrected chi connectivity index (χ0v) is 7.90. The first-order valence-electron chi connectivity index (χ1n) is 4.64. The minimum Gasteiger partial charge on any atom is -0.462 e. The topological polar surface area (TPSA) is 35.5 Å². The molecule has 3 heteroatoms. The van der Waals surface area contributed by atoms with Crippen molar-refractivity contribution in [2.75, 3.05) is 7.11 Å². The average molecular weight is 182 g/mol. The third-order valence-corrected chi connectivity index (χ3v) is 3.00. The second-order valence-corrected chi connectivity index (χ2v) is 3.70. The monoisotopic (exact) mass is 182 g/mol. The lowest BCUT2D eigenvalue weighted by molar-refractivity contribution is -0.146. The first kappa shape index (κ1) is 8.75. The second-order valence-electron chi connectivity index (χ2n) is 3.70. The molecule has 1 saturated heterocycles. The molecule has 0 aromatic carbocycles. The largest absolute Gasteiger partial charge is 0.462 e. The Morgan fingerprint density at radius 2 is 2.38 bits per heavy atom. The van der Waals surface area contributed by atoms with Crippen LogP contribution in [0, 0.1) is 11.8 Å². The summed E-state index contributed by atoms with van der Waals surface area (Å²) < 4.78 is 10.4. The molecule has 0 N–H and O–H groups in total. The van der Waals surface area contributed by atoms with Crippen molar-refractivity contribution < 1.29 is 14.3 Å². The summed E-state index contributed by atoms with van der Waals surface area (Å²) in [5.74, 6) is 0.126. The quantitative estimate of drug-likeness (QED) is 0.450. The molecule has 0 amide bonds. The Kier molecular flexibility index (Phi) is 2.12. The van der Waals surface area contributed by atoms with Gasteiger partial charge in [-0.3, -0.25) is 4.79 Å². The fourth-order valence-corrected chi connectivity index (χ4v) is 2.25. The predicted molar refractivity (Wildman–Crippen MR) is 47.1 cm³/mol. The van der Waals surface area contributed by atoms with E-state index >= 15 is 0 Å². The van der Waals surface area contributed by atoms with Crippen molar-refractivity contribution >= 4 is 5.97 Å². The van der Waals surface area contributed by atoms with Gasteiger partial charge in [-0.1, -0.05) is 12.2 Å². The van der Waals surface area contributed by atoms with Crippen molar-refractivity contribution in [1.82, 2.24) is 0 Å². The van der Waals surface area contributed by atoms with Gasteiger partial charge in [-0.2, -0.15) is 0 Å². The molecule has 2 rings (SSSR count). The summed E-state index contributed by atoms with van der Waals surface area (Å²) in [5, 5.41) is 0. The molecule has 0 aromatic rings. The van der Waals surface area contributed by atoms with E-state index in [0.29, 0.717) is 5.92 Å². The molecular weight excluding hydrogens is 168 g/mol. The first-order chi connectivity index (χ1) is 6.24. The lowest BCUT2D eigenvalue weighted by Gasteiger charge is -2.25. The van der Waals surface area contributed by atoms with Crippen LogP contribution in [-0.2, 0) is 14.3 Å². The molecular formula is C10H14O3. The molecule has 0 radical (unpaired) electrons. The van der Waals surface area contributed by atoms with E-state index in [1.54, 1.807) is 7.11 Å². The van der Waals surface area contributed by atoms with Crippen LogP contribution in [0.25, 0.3) is 0 Å². The van der Waals surface area contributed by atoms with Crippen LogP contribution < -0.4 is 0 Å². The van der Waals surface area contributed by atoms with Crippen LogP contribution in [0.15, 0.2) is 12.2 Å². The molecule has 0 unspecified atom stereocenters. The molecule has 0 bridgehead atoms. The number of hydrogen-bond acceptors (Lipinski definition) is 3. The number of ether oxygens (including phenoxy) is 2. The lowest BCUT2D eigenvalue weighted by atomic mass is 9.80. The summed E-state index contributed by atoms with van der Waals surface area (Å²) in [4.78, 5) is 11.5. The number of cyclic esters (lactones) is 1. The normalized spacial score (nSPS) is 43.1. The summed E-state index contributed by atoms with van der Waals surface area (Å²) in [6.07, 6.45) is 4.92. The smallest absolute Gasteiger partial charge is 0.312 e. The number of rotatable bonds is 1. The van der Waals surface area contributed by atoms with Gasteiger partial charge < -0.3 is 9.47 Å². The van der Waals surface area contributed by atoms with E-state index < -0.39 is 0 Å². The van der Waals surface area contributed by atoms with Crippen LogP contribution in [0.2, 0.25) is 0 Å². The van der Waals surface area contributed by atoms with Gasteiger partial charge in [0.2, 0.25) is 0 Å². The van der Waals surface area contributed by atoms with Crippen molar-refractivity contribution in [2.24, 2.45) is 11.8 Å². The zero-order valence-electron chi connectivity index (χ0n) is 7.90. The summed E-state index contributed by atoms with van der Waals surface area (Å²) >= 11 is 0. The molecule has 1 aliphatic heterocycles. The highest BCUT2D eigenvalue weighted by Gasteiger charge is 2.46. The number of carbonyl (C=O) groups excluding carboxylic acids is 1. The Balaban J connectivity index is 2.24. The molecule has 1 heterocycles. The fourth-order valence-electron chi connectivity index (χ4n) is 2.25. The molecule has 4 atom stereocenters. The number of methoxy groups -OCH3 is 1. The van der Waals surface area contributed by atoms with Gasteiger partial charge in [-0.05, 0) is 13.3 Å². The molecule has 3 nitrogen and oxygen atoms in total. The van der Waals surface area contributed by atoms with Crippen LogP contribution in [0.5, 0.6) is 0 Å². The van der Waals surface area contributed by atoms with Crippen molar-refractivity contribution in [3.63, 3.8) is 0 Å². The Morgan fingerprint density at radius 1 is 1.62 bits per heavy atom. The van der Waals surface area contributed by atoms with Gasteiger partial charge in [0.1, 0.15) is 6.10 Å². The zero-order chi connectivity index (χ0) is 9.42. The van der Waals surface area contributed by atoms with Gasteiger partial charge >= 0.3 is 5.97 Å². The highest BCUT2D eigenvalue weighted by atomic mass is 16.6. The van der Waals surface area contributed by atoms with Gasteiger partial charge in [-0.25, -0.2) is 0 Å². The summed E-state index contributed by atoms with van der Waals surface area (Å²) in [6.45, 7) is 1.95. The Morgan fingerprint density at radius 3 is 3.08 bits per heavy atom. The molecule has 13 heavy (non-hydrogen) atoms. The number of fused-ring (bicyclic) bond motifs is 1. The minimum atomic E-state index is -0.103. The summed E-state index contributed by atoms with van der Waals surface area (Å²) in [6, 6.07) is 0. The van der Waals surface area contributed by atoms with Crippen LogP contribution in [0.4, 0.5) is 0 Å². The van der Waals surface area contributed by atoms with Crippen LogP contribution in [0.3, 0.4) is 0 Å². The van der Waals surface area contributed by atoms with E-state index in [2.05, 4.69) is 6.08 Å². The van der Waals surface area contributed by atoms with Crippen molar-refractivity contribution in [2.45, 2.75) is 25.6 Å². The second kappa shape index (κ2) is 3.14. The maximum absolute atomic E-state index is 11.5. The standard InChI is InChI=1S/C10H14O3/c1-6-7-4-3-5-8(12-2)9(7)10(11)13-6/h3,5-9H,4H2,1-2H3/t6-,7-,8+,9+/m0/s1. The minimum absolute atomic E-state index is 0.0418. The number of esters is 1. The van der Waals surface area contributed by atoms with Gasteiger partial charge in [0.15, 0.2) is 0 Å². The maximum atomic E-state index is 11.5. The Labute approximate surface area is 77.7 Å². The highest BCUT2D eigenvalue weighted by molar-refractivity contribution is 5.76. The van der Waals surface area contributed by atoms with Crippen molar-refractivity contribution in [3.8, 4) is 0 Å². The van der Waals surface area contributed by atoms with E-state index in [4.69, 9.17) is 9.47 Å². The van der Waals surface area contributed by atoms with Gasteiger partial charge in [0.25, 0.3) is 0 Å². The highest BCUT2D eigenvalue weighted by Crippen LogP contribution is 2.37. The molecule has 72 valence electrons. The van der Waals surface area contributed by atoms with E-state index in [1.807, 2.05) is 13.0 Å². The predicted octanol–water partition coefficient (Wildman–Crippen LogP) is 1.14. The van der Waals surface area contributed by atoms with Crippen LogP contribution in [0.1, 0.15) is 13.3 Å². The molecule has 1 fully saturated rings. The Bertz CT molecular complexity index is 247. The van der Waals surface area contributed by atoms with E-state index in [0.717, 1.165) is 6.42 Å².